The molecule has 13 heteroatoms. The van der Waals surface area contributed by atoms with Crippen LogP contribution in [0, 0.1) is 12.3 Å². The van der Waals surface area contributed by atoms with E-state index in [2.05, 4.69) is 50.8 Å². The number of aromatic nitrogens is 1. The largest absolute Gasteiger partial charge is 0.456 e. The maximum Gasteiger partial charge on any atom is 0.268 e. The number of rotatable bonds is 12. The highest BCUT2D eigenvalue weighted by atomic mass is 35.5. The van der Waals surface area contributed by atoms with Crippen LogP contribution in [0.1, 0.15) is 67.4 Å². The second kappa shape index (κ2) is 17.3. The van der Waals surface area contributed by atoms with Gasteiger partial charge in [0.05, 0.1) is 22.6 Å². The van der Waals surface area contributed by atoms with E-state index in [-0.39, 0.29) is 28.2 Å². The number of benzene rings is 4. The summed E-state index contributed by atoms with van der Waals surface area (Å²) in [4.78, 5) is 21.9. The zero-order chi connectivity index (χ0) is 42.1. The number of anilines is 2. The minimum Gasteiger partial charge on any atom is -0.456 e. The van der Waals surface area contributed by atoms with Crippen molar-refractivity contribution in [2.75, 3.05) is 62.8 Å². The zero-order valence-electron chi connectivity index (χ0n) is 34.5. The number of hydrogen-bond donors (Lipinski definition) is 4. The molecular formula is C47H54ClN5O6S. The van der Waals surface area contributed by atoms with Gasteiger partial charge in [-0.2, -0.15) is 0 Å². The number of nitrogens with zero attached hydrogens (tertiary/aromatic N) is 2. The van der Waals surface area contributed by atoms with Crippen LogP contribution in [0.2, 0.25) is 5.02 Å². The number of sulfonamides is 1. The lowest BCUT2D eigenvalue weighted by Crippen LogP contribution is -2.47. The van der Waals surface area contributed by atoms with Gasteiger partial charge in [0, 0.05) is 85.5 Å². The molecule has 0 spiro atoms. The Hall–Kier alpha value is -4.85. The predicted octanol–water partition coefficient (Wildman–Crippen LogP) is 8.78. The number of aliphatic hydroxyl groups is 1. The van der Waals surface area contributed by atoms with E-state index in [0.29, 0.717) is 43.1 Å². The van der Waals surface area contributed by atoms with Crippen LogP contribution >= 0.6 is 11.6 Å². The van der Waals surface area contributed by atoms with Crippen LogP contribution in [0.25, 0.3) is 16.5 Å². The topological polar surface area (TPSA) is 136 Å². The standard InChI is InChI=1S/C47H54ClN5O6S/c1-32-26-39(10-13-42(32)50-47(31-54)17-24-58-25-18-47)60(56,57)51-45(55)40-11-8-37(28-44(40)59-38-9-12-43-34(27-38)15-19-49-43)53-22-20-52(21-23-53)30-35-14-16-46(2,3)29-41(35)33-4-6-36(48)7-5-33/h4-13,15,19,26-28,49-50,54H,14,16-18,20-25,29-31H2,1-3H3,(H,51,55). The van der Waals surface area contributed by atoms with Crippen molar-refractivity contribution in [1.82, 2.24) is 14.6 Å². The van der Waals surface area contributed by atoms with Gasteiger partial charge in [-0.05, 0) is 128 Å². The molecule has 4 N–H and O–H groups in total. The number of piperazine rings is 1. The van der Waals surface area contributed by atoms with E-state index in [1.165, 1.54) is 28.8 Å². The number of halogens is 1. The fourth-order valence-corrected chi connectivity index (χ4v) is 9.83. The van der Waals surface area contributed by atoms with E-state index in [4.69, 9.17) is 21.1 Å². The lowest BCUT2D eigenvalue weighted by atomic mass is 9.72. The Kier molecular flexibility index (Phi) is 12.0. The first-order valence-corrected chi connectivity index (χ1v) is 22.6. The molecule has 0 saturated carbocycles. The molecule has 1 aliphatic carbocycles. The fourth-order valence-electron chi connectivity index (χ4n) is 8.65. The Morgan fingerprint density at radius 1 is 0.933 bits per heavy atom. The Morgan fingerprint density at radius 3 is 2.43 bits per heavy atom. The summed E-state index contributed by atoms with van der Waals surface area (Å²) in [6.45, 7) is 11.7. The normalized spacial score (nSPS) is 18.4. The van der Waals surface area contributed by atoms with Crippen LogP contribution in [0.3, 0.4) is 0 Å². The van der Waals surface area contributed by atoms with Gasteiger partial charge in [-0.3, -0.25) is 9.69 Å². The van der Waals surface area contributed by atoms with Gasteiger partial charge in [-0.25, -0.2) is 13.1 Å². The summed E-state index contributed by atoms with van der Waals surface area (Å²) in [5.41, 5.74) is 7.19. The fraction of sp³-hybridized carbons (Fsp3) is 0.383. The summed E-state index contributed by atoms with van der Waals surface area (Å²) in [5.74, 6) is -0.0299. The van der Waals surface area contributed by atoms with Gasteiger partial charge in [0.15, 0.2) is 0 Å². The number of carbonyl (C=O) groups excluding carboxylic acids is 1. The number of aromatic amines is 1. The van der Waals surface area contributed by atoms with Crippen LogP contribution in [0.4, 0.5) is 11.4 Å². The van der Waals surface area contributed by atoms with Crippen LogP contribution in [0.15, 0.2) is 102 Å². The molecule has 0 bridgehead atoms. The molecular weight excluding hydrogens is 798 g/mol. The number of hydrogen-bond acceptors (Lipinski definition) is 9. The molecule has 8 rings (SSSR count). The maximum absolute atomic E-state index is 14.0. The summed E-state index contributed by atoms with van der Waals surface area (Å²) in [5, 5.41) is 15.3. The van der Waals surface area contributed by atoms with E-state index < -0.39 is 21.5 Å². The maximum atomic E-state index is 14.0. The molecule has 0 unspecified atom stereocenters. The van der Waals surface area contributed by atoms with Crippen molar-refractivity contribution in [3.8, 4) is 11.5 Å². The van der Waals surface area contributed by atoms with Crippen LogP contribution in [-0.2, 0) is 14.8 Å². The predicted molar refractivity (Wildman–Crippen MR) is 239 cm³/mol. The molecule has 4 aromatic carbocycles. The third kappa shape index (κ3) is 9.38. The lowest BCUT2D eigenvalue weighted by Gasteiger charge is -2.39. The number of ether oxygens (including phenoxy) is 2. The van der Waals surface area contributed by atoms with Gasteiger partial charge in [0.2, 0.25) is 0 Å². The summed E-state index contributed by atoms with van der Waals surface area (Å²) >= 11 is 6.25. The number of allylic oxidation sites excluding steroid dienone is 1. The number of aryl methyl sites for hydroxylation is 1. The quantitative estimate of drug-likeness (QED) is 0.0972. The van der Waals surface area contributed by atoms with E-state index >= 15 is 0 Å². The van der Waals surface area contributed by atoms with Crippen molar-refractivity contribution >= 4 is 55.4 Å². The molecule has 2 fully saturated rings. The first-order valence-electron chi connectivity index (χ1n) is 20.8. The highest BCUT2D eigenvalue weighted by molar-refractivity contribution is 7.90. The lowest BCUT2D eigenvalue weighted by molar-refractivity contribution is 0.0380. The zero-order valence-corrected chi connectivity index (χ0v) is 36.1. The second-order valence-corrected chi connectivity index (χ2v) is 19.4. The monoisotopic (exact) mass is 851 g/mol. The first-order chi connectivity index (χ1) is 28.8. The minimum atomic E-state index is -4.27. The summed E-state index contributed by atoms with van der Waals surface area (Å²) in [7, 11) is -4.27. The van der Waals surface area contributed by atoms with E-state index in [9.17, 15) is 18.3 Å². The van der Waals surface area contributed by atoms with Crippen LogP contribution in [-0.4, -0.2) is 87.4 Å². The SMILES string of the molecule is Cc1cc(S(=O)(=O)NC(=O)c2ccc(N3CCN(CC4=C(c5ccc(Cl)cc5)CC(C)(C)CC4)CC3)cc2Oc2ccc3[nH]ccc3c2)ccc1NC1(CO)CCOCC1. The van der Waals surface area contributed by atoms with Gasteiger partial charge < -0.3 is 29.8 Å². The third-order valence-electron chi connectivity index (χ3n) is 12.4. The average molecular weight is 852 g/mol. The molecule has 3 heterocycles. The minimum absolute atomic E-state index is 0.0493. The highest BCUT2D eigenvalue weighted by Gasteiger charge is 2.33. The highest BCUT2D eigenvalue weighted by Crippen LogP contribution is 2.43. The molecule has 2 aliphatic heterocycles. The van der Waals surface area contributed by atoms with Crippen molar-refractivity contribution in [1.29, 1.82) is 0 Å². The number of nitrogens with one attached hydrogen (secondary N) is 3. The summed E-state index contributed by atoms with van der Waals surface area (Å²) in [6.07, 6.45) is 6.37. The van der Waals surface area contributed by atoms with Crippen molar-refractivity contribution in [3.63, 3.8) is 0 Å². The van der Waals surface area contributed by atoms with Crippen molar-refractivity contribution < 1.29 is 27.8 Å². The average Bonchev–Trinajstić information content (AvgIpc) is 3.71. The Balaban J connectivity index is 1.00. The van der Waals surface area contributed by atoms with Gasteiger partial charge in [-0.15, -0.1) is 0 Å². The van der Waals surface area contributed by atoms with E-state index in [0.717, 1.165) is 73.6 Å². The van der Waals surface area contributed by atoms with Crippen molar-refractivity contribution in [3.05, 3.63) is 118 Å². The molecule has 3 aliphatic rings. The molecule has 2 saturated heterocycles. The number of H-pyrrole nitrogens is 1. The van der Waals surface area contributed by atoms with Gasteiger partial charge in [0.1, 0.15) is 11.5 Å². The Bertz CT molecular complexity index is 2500. The number of carbonyl (C=O) groups is 1. The molecule has 0 atom stereocenters. The summed E-state index contributed by atoms with van der Waals surface area (Å²) < 4.78 is 41.7. The molecule has 0 radical (unpaired) electrons. The third-order valence-corrected chi connectivity index (χ3v) is 14.0. The molecule has 1 amide bonds. The van der Waals surface area contributed by atoms with Crippen LogP contribution < -0.4 is 19.7 Å². The molecule has 5 aromatic rings. The number of amides is 1. The van der Waals surface area contributed by atoms with Gasteiger partial charge in [-0.1, -0.05) is 43.2 Å². The van der Waals surface area contributed by atoms with E-state index in [1.54, 1.807) is 19.1 Å². The van der Waals surface area contributed by atoms with E-state index in [1.807, 2.05) is 54.7 Å². The number of aliphatic hydroxyl groups excluding tert-OH is 1. The van der Waals surface area contributed by atoms with Crippen molar-refractivity contribution in [2.45, 2.75) is 63.3 Å². The van der Waals surface area contributed by atoms with Crippen molar-refractivity contribution in [2.24, 2.45) is 5.41 Å². The Morgan fingerprint density at radius 2 is 1.70 bits per heavy atom. The van der Waals surface area contributed by atoms with Gasteiger partial charge in [0.25, 0.3) is 15.9 Å². The molecule has 316 valence electrons. The second-order valence-electron chi connectivity index (χ2n) is 17.3. The summed E-state index contributed by atoms with van der Waals surface area (Å²) in [6, 6.07) is 25.8. The smallest absolute Gasteiger partial charge is 0.268 e. The first kappa shape index (κ1) is 41.9. The van der Waals surface area contributed by atoms with Crippen LogP contribution in [0.5, 0.6) is 11.5 Å². The van der Waals surface area contributed by atoms with Gasteiger partial charge >= 0.3 is 0 Å². The molecule has 11 nitrogen and oxygen atoms in total. The molecule has 1 aromatic heterocycles. The number of fused-ring (bicyclic) bond motifs is 1. The Labute approximate surface area is 357 Å². The molecule has 60 heavy (non-hydrogen) atoms.